The molecule has 0 amide bonds. The van der Waals surface area contributed by atoms with Gasteiger partial charge in [0.15, 0.2) is 23.3 Å². The van der Waals surface area contributed by atoms with E-state index in [2.05, 4.69) is 143 Å². The molecule has 0 saturated heterocycles. The SMILES string of the molecule is c1ccc(-c2cc(-c3cc(N4c5ccccc5Sc5ccccc54)ccc3-c3ccc(N4c5ccccc5Sc5ccccc54)cc3-c3nc(-c4ccccn4)nc(-c4ccccn4)n3)nc(-c3ccccn3)n2)nc1. The topological polar surface area (TPSA) is 122 Å². The first-order valence-corrected chi connectivity index (χ1v) is 26.2. The Morgan fingerprint density at radius 2 is 0.605 bits per heavy atom. The number of anilines is 6. The van der Waals surface area contributed by atoms with Crippen LogP contribution in [0.5, 0.6) is 0 Å². The predicted octanol–water partition coefficient (Wildman–Crippen LogP) is 15.8. The van der Waals surface area contributed by atoms with Gasteiger partial charge < -0.3 is 9.80 Å². The Labute approximate surface area is 446 Å². The lowest BCUT2D eigenvalue weighted by molar-refractivity contribution is 1.05. The molecule has 6 aromatic heterocycles. The molecule has 0 unspecified atom stereocenters. The highest BCUT2D eigenvalue weighted by atomic mass is 32.2. The van der Waals surface area contributed by atoms with Crippen LogP contribution in [-0.4, -0.2) is 44.9 Å². The number of hydrogen-bond acceptors (Lipinski definition) is 13. The second-order valence-corrected chi connectivity index (χ2v) is 20.0. The zero-order valence-electron chi connectivity index (χ0n) is 40.3. The maximum Gasteiger partial charge on any atom is 0.182 e. The van der Waals surface area contributed by atoms with Gasteiger partial charge >= 0.3 is 0 Å². The standard InChI is InChI=1S/C63H39N11S2/c1-5-25-56-52(21-1)73(53-22-2-6-26-57(53)75-56)40-29-31-42(44(37-40)50-39-51(46-17-9-13-33-64-46)69-61(68-50)47-18-10-14-34-65-47)43-32-30-41(74-54-23-3-7-27-58(54)76-59-28-8-4-24-55(59)74)38-45(43)60-70-62(48-19-11-15-35-66-48)72-63(71-60)49-20-12-16-36-67-49/h1-39H. The average Bonchev–Trinajstić information content (AvgIpc) is 3.51. The van der Waals surface area contributed by atoms with Gasteiger partial charge in [0.05, 0.1) is 39.8 Å². The molecule has 0 fully saturated rings. The molecular weight excluding hydrogens is 975 g/mol. The fourth-order valence-corrected chi connectivity index (χ4v) is 11.8. The minimum atomic E-state index is 0.416. The summed E-state index contributed by atoms with van der Waals surface area (Å²) in [5.74, 6) is 1.74. The van der Waals surface area contributed by atoms with Crippen molar-refractivity contribution in [2.24, 2.45) is 0 Å². The molecule has 2 aliphatic heterocycles. The molecule has 11 nitrogen and oxygen atoms in total. The summed E-state index contributed by atoms with van der Waals surface area (Å²) in [7, 11) is 0. The molecule has 2 aliphatic rings. The molecule has 0 atom stereocenters. The Morgan fingerprint density at radius 3 is 1.04 bits per heavy atom. The van der Waals surface area contributed by atoms with Crippen molar-refractivity contribution in [3.8, 4) is 79.7 Å². The largest absolute Gasteiger partial charge is 0.308 e. The highest BCUT2D eigenvalue weighted by Gasteiger charge is 2.29. The van der Waals surface area contributed by atoms with E-state index < -0.39 is 0 Å². The van der Waals surface area contributed by atoms with E-state index in [9.17, 15) is 0 Å². The smallest absolute Gasteiger partial charge is 0.182 e. The van der Waals surface area contributed by atoms with Crippen LogP contribution in [0, 0.1) is 0 Å². The zero-order valence-corrected chi connectivity index (χ0v) is 41.9. The number of pyridine rings is 4. The molecule has 12 aromatic rings. The number of aromatic nitrogens is 9. The lowest BCUT2D eigenvalue weighted by atomic mass is 9.91. The van der Waals surface area contributed by atoms with E-state index in [0.29, 0.717) is 57.5 Å². The lowest BCUT2D eigenvalue weighted by Crippen LogP contribution is -2.15. The second-order valence-electron chi connectivity index (χ2n) is 17.8. The summed E-state index contributed by atoms with van der Waals surface area (Å²) in [5.41, 5.74) is 13.4. The van der Waals surface area contributed by atoms with Gasteiger partial charge in [-0.3, -0.25) is 19.9 Å². The van der Waals surface area contributed by atoms with Crippen molar-refractivity contribution < 1.29 is 0 Å². The van der Waals surface area contributed by atoms with Crippen molar-refractivity contribution in [2.75, 3.05) is 9.80 Å². The molecule has 8 heterocycles. The van der Waals surface area contributed by atoms with Gasteiger partial charge in [0.25, 0.3) is 0 Å². The summed E-state index contributed by atoms with van der Waals surface area (Å²) in [6, 6.07) is 72.5. The van der Waals surface area contributed by atoms with E-state index in [0.717, 1.165) is 76.0 Å². The van der Waals surface area contributed by atoms with Crippen LogP contribution in [-0.2, 0) is 0 Å². The molecule has 6 aromatic carbocycles. The highest BCUT2D eigenvalue weighted by Crippen LogP contribution is 2.54. The van der Waals surface area contributed by atoms with Crippen molar-refractivity contribution in [2.45, 2.75) is 19.6 Å². The number of fused-ring (bicyclic) bond motifs is 4. The minimum Gasteiger partial charge on any atom is -0.308 e. The monoisotopic (exact) mass is 1010 g/mol. The van der Waals surface area contributed by atoms with Crippen LogP contribution in [0.1, 0.15) is 0 Å². The van der Waals surface area contributed by atoms with E-state index in [1.807, 2.05) is 78.9 Å². The first-order chi connectivity index (χ1) is 37.7. The molecule has 0 aliphatic carbocycles. The van der Waals surface area contributed by atoms with Crippen LogP contribution in [0.25, 0.3) is 79.7 Å². The van der Waals surface area contributed by atoms with E-state index >= 15 is 0 Å². The third-order valence-electron chi connectivity index (χ3n) is 13.2. The van der Waals surface area contributed by atoms with Crippen molar-refractivity contribution in [1.29, 1.82) is 0 Å². The first-order valence-electron chi connectivity index (χ1n) is 24.6. The van der Waals surface area contributed by atoms with Crippen LogP contribution >= 0.6 is 23.5 Å². The Bertz CT molecular complexity index is 3670. The van der Waals surface area contributed by atoms with E-state index in [1.165, 1.54) is 0 Å². The summed E-state index contributed by atoms with van der Waals surface area (Å²) < 4.78 is 0. The molecule has 76 heavy (non-hydrogen) atoms. The number of nitrogens with zero attached hydrogens (tertiary/aromatic N) is 11. The molecule has 0 N–H and O–H groups in total. The number of hydrogen-bond donors (Lipinski definition) is 0. The van der Waals surface area contributed by atoms with Gasteiger partial charge in [0.1, 0.15) is 17.1 Å². The van der Waals surface area contributed by atoms with E-state index in [4.69, 9.17) is 44.9 Å². The summed E-state index contributed by atoms with van der Waals surface area (Å²) in [4.78, 5) is 54.5. The summed E-state index contributed by atoms with van der Waals surface area (Å²) in [5, 5.41) is 0. The third kappa shape index (κ3) is 8.29. The van der Waals surface area contributed by atoms with Crippen LogP contribution in [0.2, 0.25) is 0 Å². The third-order valence-corrected chi connectivity index (χ3v) is 15.4. The van der Waals surface area contributed by atoms with Crippen LogP contribution in [0.4, 0.5) is 34.1 Å². The van der Waals surface area contributed by atoms with Gasteiger partial charge in [0.2, 0.25) is 0 Å². The van der Waals surface area contributed by atoms with Gasteiger partial charge in [-0.2, -0.15) is 0 Å². The molecule has 358 valence electrons. The zero-order chi connectivity index (χ0) is 50.4. The molecular formula is C63H39N11S2. The Balaban J connectivity index is 1.07. The summed E-state index contributed by atoms with van der Waals surface area (Å²) >= 11 is 3.54. The predicted molar refractivity (Wildman–Crippen MR) is 302 cm³/mol. The summed E-state index contributed by atoms with van der Waals surface area (Å²) in [6.07, 6.45) is 7.05. The van der Waals surface area contributed by atoms with E-state index in [-0.39, 0.29) is 0 Å². The molecule has 0 spiro atoms. The maximum atomic E-state index is 5.42. The number of para-hydroxylation sites is 4. The number of benzene rings is 6. The van der Waals surface area contributed by atoms with Gasteiger partial charge in [0, 0.05) is 66.9 Å². The summed E-state index contributed by atoms with van der Waals surface area (Å²) in [6.45, 7) is 0. The first kappa shape index (κ1) is 45.0. The molecule has 0 saturated carbocycles. The maximum absolute atomic E-state index is 5.42. The minimum absolute atomic E-state index is 0.416. The van der Waals surface area contributed by atoms with Crippen LogP contribution in [0.15, 0.2) is 257 Å². The van der Waals surface area contributed by atoms with Gasteiger partial charge in [-0.25, -0.2) is 24.9 Å². The molecule has 0 radical (unpaired) electrons. The second kappa shape index (κ2) is 19.3. The lowest BCUT2D eigenvalue weighted by Gasteiger charge is -2.34. The number of rotatable bonds is 9. The van der Waals surface area contributed by atoms with Gasteiger partial charge in [-0.1, -0.05) is 108 Å². The molecule has 14 rings (SSSR count). The Kier molecular flexibility index (Phi) is 11.4. The van der Waals surface area contributed by atoms with E-state index in [1.54, 1.807) is 48.3 Å². The van der Waals surface area contributed by atoms with Crippen molar-refractivity contribution in [3.63, 3.8) is 0 Å². The average molecular weight is 1010 g/mol. The van der Waals surface area contributed by atoms with Crippen molar-refractivity contribution >= 4 is 57.6 Å². The van der Waals surface area contributed by atoms with Crippen LogP contribution in [0.3, 0.4) is 0 Å². The fraction of sp³-hybridized carbons (Fsp3) is 0. The molecule has 0 bridgehead atoms. The van der Waals surface area contributed by atoms with Crippen LogP contribution < -0.4 is 9.80 Å². The van der Waals surface area contributed by atoms with Gasteiger partial charge in [-0.15, -0.1) is 0 Å². The normalized spacial score (nSPS) is 12.3. The Morgan fingerprint density at radius 1 is 0.250 bits per heavy atom. The van der Waals surface area contributed by atoms with Gasteiger partial charge in [-0.05, 0) is 139 Å². The quantitative estimate of drug-likeness (QED) is 0.136. The molecule has 13 heteroatoms. The van der Waals surface area contributed by atoms with Crippen molar-refractivity contribution in [3.05, 3.63) is 237 Å². The Hall–Kier alpha value is -9.69. The van der Waals surface area contributed by atoms with Crippen molar-refractivity contribution in [1.82, 2.24) is 44.9 Å². The fourth-order valence-electron chi connectivity index (χ4n) is 9.73. The highest BCUT2D eigenvalue weighted by molar-refractivity contribution is 8.00.